The van der Waals surface area contributed by atoms with Gasteiger partial charge in [-0.3, -0.25) is 4.79 Å². The second kappa shape index (κ2) is 3.80. The van der Waals surface area contributed by atoms with Crippen LogP contribution in [0.15, 0.2) is 6.20 Å². The second-order valence-electron chi connectivity index (χ2n) is 5.26. The summed E-state index contributed by atoms with van der Waals surface area (Å²) in [6, 6.07) is 0.333. The number of hydrogen-bond donors (Lipinski definition) is 0. The van der Waals surface area contributed by atoms with Gasteiger partial charge in [0.15, 0.2) is 5.78 Å². The number of nitrogens with zero attached hydrogens (tertiary/aromatic N) is 2. The van der Waals surface area contributed by atoms with E-state index in [4.69, 9.17) is 0 Å². The van der Waals surface area contributed by atoms with Crippen LogP contribution in [-0.4, -0.2) is 15.3 Å². The minimum absolute atomic E-state index is 0.0277. The van der Waals surface area contributed by atoms with E-state index in [2.05, 4.69) is 44.2 Å². The van der Waals surface area contributed by atoms with Gasteiger partial charge in [0.05, 0.1) is 0 Å². The largest absolute Gasteiger partial charge is 0.331 e. The first kappa shape index (κ1) is 12.0. The summed E-state index contributed by atoms with van der Waals surface area (Å²) in [4.78, 5) is 15.7. The fourth-order valence-corrected chi connectivity index (χ4v) is 1.51. The van der Waals surface area contributed by atoms with Crippen LogP contribution in [0.5, 0.6) is 0 Å². The van der Waals surface area contributed by atoms with Crippen LogP contribution >= 0.6 is 0 Å². The Hall–Kier alpha value is -1.12. The number of aromatic nitrogens is 2. The monoisotopic (exact) mass is 208 g/mol. The third-order valence-electron chi connectivity index (χ3n) is 2.32. The predicted molar refractivity (Wildman–Crippen MR) is 61.3 cm³/mol. The molecule has 1 aromatic rings. The molecule has 0 bridgehead atoms. The Morgan fingerprint density at radius 3 is 2.20 bits per heavy atom. The molecule has 0 radical (unpaired) electrons. The quantitative estimate of drug-likeness (QED) is 0.700. The Morgan fingerprint density at radius 2 is 1.93 bits per heavy atom. The molecule has 0 amide bonds. The molecule has 15 heavy (non-hydrogen) atoms. The first-order chi connectivity index (χ1) is 6.73. The highest BCUT2D eigenvalue weighted by molar-refractivity contribution is 5.92. The summed E-state index contributed by atoms with van der Waals surface area (Å²) >= 11 is 0. The molecular weight excluding hydrogens is 188 g/mol. The van der Waals surface area contributed by atoms with Crippen molar-refractivity contribution in [2.24, 2.45) is 0 Å². The molecule has 1 heterocycles. The van der Waals surface area contributed by atoms with Gasteiger partial charge in [-0.25, -0.2) is 4.98 Å². The molecule has 0 spiro atoms. The fraction of sp³-hybridized carbons (Fsp3) is 0.667. The van der Waals surface area contributed by atoms with Crippen LogP contribution in [0.2, 0.25) is 0 Å². The number of rotatable bonds is 2. The topological polar surface area (TPSA) is 34.9 Å². The zero-order valence-electron chi connectivity index (χ0n) is 10.5. The smallest absolute Gasteiger partial charge is 0.179 e. The maximum absolute atomic E-state index is 11.3. The Morgan fingerprint density at radius 1 is 1.40 bits per heavy atom. The van der Waals surface area contributed by atoms with E-state index >= 15 is 0 Å². The summed E-state index contributed by atoms with van der Waals surface area (Å²) < 4.78 is 2.08. The highest BCUT2D eigenvalue weighted by atomic mass is 16.1. The SMILES string of the molecule is CC(=O)c1cn(C(C)C)c(C(C)(C)C)n1. The molecule has 84 valence electrons. The van der Waals surface area contributed by atoms with Gasteiger partial charge in [-0.15, -0.1) is 0 Å². The highest BCUT2D eigenvalue weighted by Crippen LogP contribution is 2.24. The van der Waals surface area contributed by atoms with Crippen molar-refractivity contribution < 1.29 is 4.79 Å². The van der Waals surface area contributed by atoms with E-state index in [1.807, 2.05) is 6.20 Å². The van der Waals surface area contributed by atoms with Crippen LogP contribution in [0, 0.1) is 0 Å². The van der Waals surface area contributed by atoms with Crippen molar-refractivity contribution >= 4 is 5.78 Å². The lowest BCUT2D eigenvalue weighted by Crippen LogP contribution is -2.19. The lowest BCUT2D eigenvalue weighted by Gasteiger charge is -2.21. The molecule has 3 heteroatoms. The van der Waals surface area contributed by atoms with Crippen molar-refractivity contribution in [3.8, 4) is 0 Å². The number of hydrogen-bond acceptors (Lipinski definition) is 2. The van der Waals surface area contributed by atoms with Crippen LogP contribution in [-0.2, 0) is 5.41 Å². The molecule has 0 aliphatic rings. The van der Waals surface area contributed by atoms with E-state index in [1.54, 1.807) is 6.92 Å². The summed E-state index contributed by atoms with van der Waals surface area (Å²) in [6.45, 7) is 12.1. The lowest BCUT2D eigenvalue weighted by molar-refractivity contribution is 0.101. The average Bonchev–Trinajstić information content (AvgIpc) is 2.45. The van der Waals surface area contributed by atoms with E-state index in [9.17, 15) is 4.79 Å². The molecule has 3 nitrogen and oxygen atoms in total. The zero-order valence-corrected chi connectivity index (χ0v) is 10.5. The number of carbonyl (C=O) groups excluding carboxylic acids is 1. The molecule has 0 aliphatic carbocycles. The Balaban J connectivity index is 3.30. The minimum atomic E-state index is -0.0298. The third-order valence-corrected chi connectivity index (χ3v) is 2.32. The molecule has 0 aliphatic heterocycles. The summed E-state index contributed by atoms with van der Waals surface area (Å²) in [5.74, 6) is 1.00. The van der Waals surface area contributed by atoms with Gasteiger partial charge in [0.25, 0.3) is 0 Å². The lowest BCUT2D eigenvalue weighted by atomic mass is 9.95. The van der Waals surface area contributed by atoms with E-state index in [1.165, 1.54) is 0 Å². The van der Waals surface area contributed by atoms with Crippen molar-refractivity contribution in [1.82, 2.24) is 9.55 Å². The maximum atomic E-state index is 11.3. The first-order valence-corrected chi connectivity index (χ1v) is 5.33. The summed E-state index contributed by atoms with van der Waals surface area (Å²) in [5.41, 5.74) is 0.534. The minimum Gasteiger partial charge on any atom is -0.331 e. The van der Waals surface area contributed by atoms with Gasteiger partial charge in [0, 0.05) is 24.6 Å². The molecule has 0 atom stereocenters. The fourth-order valence-electron chi connectivity index (χ4n) is 1.51. The van der Waals surface area contributed by atoms with Gasteiger partial charge in [-0.2, -0.15) is 0 Å². The predicted octanol–water partition coefficient (Wildman–Crippen LogP) is 2.96. The first-order valence-electron chi connectivity index (χ1n) is 5.33. The van der Waals surface area contributed by atoms with Crippen LogP contribution in [0.1, 0.15) is 63.9 Å². The molecule has 0 saturated carbocycles. The maximum Gasteiger partial charge on any atom is 0.179 e. The van der Waals surface area contributed by atoms with Crippen LogP contribution < -0.4 is 0 Å². The molecular formula is C12H20N2O. The standard InChI is InChI=1S/C12H20N2O/c1-8(2)14-7-10(9(3)15)13-11(14)12(4,5)6/h7-8H,1-6H3. The van der Waals surface area contributed by atoms with Crippen LogP contribution in [0.25, 0.3) is 0 Å². The van der Waals surface area contributed by atoms with Crippen molar-refractivity contribution in [3.05, 3.63) is 17.7 Å². The van der Waals surface area contributed by atoms with Crippen molar-refractivity contribution in [2.75, 3.05) is 0 Å². The van der Waals surface area contributed by atoms with E-state index in [0.717, 1.165) is 5.82 Å². The van der Waals surface area contributed by atoms with Gasteiger partial charge in [-0.1, -0.05) is 20.8 Å². The molecule has 0 aromatic carbocycles. The van der Waals surface area contributed by atoms with E-state index in [-0.39, 0.29) is 11.2 Å². The summed E-state index contributed by atoms with van der Waals surface area (Å²) in [7, 11) is 0. The average molecular weight is 208 g/mol. The molecule has 1 aromatic heterocycles. The zero-order chi connectivity index (χ0) is 11.8. The molecule has 0 fully saturated rings. The van der Waals surface area contributed by atoms with Crippen LogP contribution in [0.4, 0.5) is 0 Å². The summed E-state index contributed by atoms with van der Waals surface area (Å²) in [6.07, 6.45) is 1.85. The number of ketones is 1. The number of carbonyl (C=O) groups is 1. The van der Waals surface area contributed by atoms with Gasteiger partial charge >= 0.3 is 0 Å². The molecule has 0 unspecified atom stereocenters. The second-order valence-corrected chi connectivity index (χ2v) is 5.26. The number of Topliss-reactive ketones (excluding diaryl/α,β-unsaturated/α-hetero) is 1. The molecule has 0 saturated heterocycles. The van der Waals surface area contributed by atoms with Gasteiger partial charge < -0.3 is 4.57 Å². The molecule has 1 rings (SSSR count). The number of imidazole rings is 1. The Bertz CT molecular complexity index is 369. The van der Waals surface area contributed by atoms with Crippen molar-refractivity contribution in [2.45, 2.75) is 53.0 Å². The van der Waals surface area contributed by atoms with Crippen LogP contribution in [0.3, 0.4) is 0 Å². The van der Waals surface area contributed by atoms with Crippen molar-refractivity contribution in [1.29, 1.82) is 0 Å². The van der Waals surface area contributed by atoms with Crippen molar-refractivity contribution in [3.63, 3.8) is 0 Å². The molecule has 0 N–H and O–H groups in total. The normalized spacial score (nSPS) is 12.2. The summed E-state index contributed by atoms with van der Waals surface area (Å²) in [5, 5.41) is 0. The van der Waals surface area contributed by atoms with Gasteiger partial charge in [-0.05, 0) is 13.8 Å². The Labute approximate surface area is 91.5 Å². The van der Waals surface area contributed by atoms with E-state index < -0.39 is 0 Å². The van der Waals surface area contributed by atoms with Gasteiger partial charge in [0.1, 0.15) is 11.5 Å². The van der Waals surface area contributed by atoms with Gasteiger partial charge in [0.2, 0.25) is 0 Å². The van der Waals surface area contributed by atoms with E-state index in [0.29, 0.717) is 11.7 Å². The highest BCUT2D eigenvalue weighted by Gasteiger charge is 2.23. The third kappa shape index (κ3) is 2.46. The Kier molecular flexibility index (Phi) is 3.03.